The van der Waals surface area contributed by atoms with E-state index in [-0.39, 0.29) is 5.97 Å². The molecular formula is C13H28N2O2. The monoisotopic (exact) mass is 244 g/mol. The first-order chi connectivity index (χ1) is 7.82. The number of methoxy groups -OCH3 is 1. The van der Waals surface area contributed by atoms with E-state index >= 15 is 0 Å². The summed E-state index contributed by atoms with van der Waals surface area (Å²) in [6.07, 6.45) is 1.84. The number of hydrogen-bond acceptors (Lipinski definition) is 4. The molecule has 0 aliphatic rings. The van der Waals surface area contributed by atoms with Crippen molar-refractivity contribution >= 4 is 5.97 Å². The van der Waals surface area contributed by atoms with Crippen LogP contribution in [0.1, 0.15) is 40.5 Å². The van der Waals surface area contributed by atoms with Crippen molar-refractivity contribution in [1.29, 1.82) is 0 Å². The average molecular weight is 244 g/mol. The highest BCUT2D eigenvalue weighted by molar-refractivity contribution is 5.80. The molecule has 4 nitrogen and oxygen atoms in total. The zero-order chi connectivity index (χ0) is 13.6. The number of carbonyl (C=O) groups is 1. The van der Waals surface area contributed by atoms with Crippen LogP contribution in [-0.4, -0.2) is 49.7 Å². The molecule has 0 fully saturated rings. The molecule has 0 aromatic heterocycles. The third-order valence-electron chi connectivity index (χ3n) is 3.87. The van der Waals surface area contributed by atoms with Crippen molar-refractivity contribution in [2.75, 3.05) is 21.2 Å². The minimum absolute atomic E-state index is 0.204. The van der Waals surface area contributed by atoms with Crippen molar-refractivity contribution in [1.82, 2.24) is 10.2 Å². The number of carbonyl (C=O) groups excluding carboxylic acids is 1. The van der Waals surface area contributed by atoms with E-state index in [9.17, 15) is 4.79 Å². The molecule has 1 N–H and O–H groups in total. The van der Waals surface area contributed by atoms with Gasteiger partial charge < -0.3 is 15.0 Å². The molecule has 0 heterocycles. The third kappa shape index (κ3) is 4.28. The molecule has 0 aliphatic carbocycles. The number of esters is 1. The van der Waals surface area contributed by atoms with Gasteiger partial charge in [-0.3, -0.25) is 4.79 Å². The lowest BCUT2D eigenvalue weighted by Gasteiger charge is -2.36. The Morgan fingerprint density at radius 2 is 1.94 bits per heavy atom. The normalized spacial score (nSPS) is 18.6. The fraction of sp³-hybridized carbons (Fsp3) is 0.923. The summed E-state index contributed by atoms with van der Waals surface area (Å²) in [5.41, 5.74) is -0.615. The van der Waals surface area contributed by atoms with Crippen molar-refractivity contribution in [2.45, 2.75) is 58.2 Å². The van der Waals surface area contributed by atoms with Gasteiger partial charge in [0.05, 0.1) is 7.11 Å². The molecule has 102 valence electrons. The quantitative estimate of drug-likeness (QED) is 0.691. The molecule has 0 radical (unpaired) electrons. The summed E-state index contributed by atoms with van der Waals surface area (Å²) in [5, 5.41) is 3.07. The van der Waals surface area contributed by atoms with Crippen LogP contribution in [-0.2, 0) is 9.53 Å². The van der Waals surface area contributed by atoms with Crippen LogP contribution in [0.5, 0.6) is 0 Å². The number of likely N-dealkylation sites (N-methyl/N-ethyl adjacent to an activating group) is 1. The SMILES string of the molecule is CCC(C)N(C)C(C)CC(C)(NC)C(=O)OC. The number of nitrogens with zero attached hydrogens (tertiary/aromatic N) is 1. The van der Waals surface area contributed by atoms with Crippen LogP contribution in [0.3, 0.4) is 0 Å². The van der Waals surface area contributed by atoms with Crippen LogP contribution in [0.15, 0.2) is 0 Å². The molecule has 4 heteroatoms. The Bertz CT molecular complexity index is 246. The van der Waals surface area contributed by atoms with Gasteiger partial charge in [0.25, 0.3) is 0 Å². The lowest BCUT2D eigenvalue weighted by atomic mass is 9.92. The Kier molecular flexibility index (Phi) is 6.72. The van der Waals surface area contributed by atoms with Crippen molar-refractivity contribution in [3.8, 4) is 0 Å². The second-order valence-corrected chi connectivity index (χ2v) is 5.05. The Morgan fingerprint density at radius 3 is 2.29 bits per heavy atom. The van der Waals surface area contributed by atoms with Gasteiger partial charge in [0, 0.05) is 12.1 Å². The molecule has 0 aliphatic heterocycles. The molecule has 0 rings (SSSR count). The van der Waals surface area contributed by atoms with Crippen LogP contribution < -0.4 is 5.32 Å². The van der Waals surface area contributed by atoms with Gasteiger partial charge in [0.2, 0.25) is 0 Å². The average Bonchev–Trinajstić information content (AvgIpc) is 2.35. The first-order valence-electron chi connectivity index (χ1n) is 6.31. The topological polar surface area (TPSA) is 41.6 Å². The van der Waals surface area contributed by atoms with E-state index in [0.717, 1.165) is 12.8 Å². The minimum Gasteiger partial charge on any atom is -0.468 e. The summed E-state index contributed by atoms with van der Waals surface area (Å²) < 4.78 is 4.85. The highest BCUT2D eigenvalue weighted by Crippen LogP contribution is 2.19. The third-order valence-corrected chi connectivity index (χ3v) is 3.87. The Morgan fingerprint density at radius 1 is 1.41 bits per heavy atom. The zero-order valence-corrected chi connectivity index (χ0v) is 12.3. The van der Waals surface area contributed by atoms with Gasteiger partial charge in [0.15, 0.2) is 0 Å². The number of hydrogen-bond donors (Lipinski definition) is 1. The Balaban J connectivity index is 4.62. The molecule has 3 unspecified atom stereocenters. The first-order valence-corrected chi connectivity index (χ1v) is 6.31. The second-order valence-electron chi connectivity index (χ2n) is 5.05. The zero-order valence-electron chi connectivity index (χ0n) is 12.3. The molecule has 0 bridgehead atoms. The number of ether oxygens (including phenoxy) is 1. The molecule has 0 aromatic rings. The second kappa shape index (κ2) is 6.97. The lowest BCUT2D eigenvalue weighted by Crippen LogP contribution is -2.53. The van der Waals surface area contributed by atoms with Crippen LogP contribution in [0.2, 0.25) is 0 Å². The highest BCUT2D eigenvalue weighted by atomic mass is 16.5. The van der Waals surface area contributed by atoms with E-state index in [0.29, 0.717) is 12.1 Å². The molecule has 0 saturated carbocycles. The maximum Gasteiger partial charge on any atom is 0.325 e. The minimum atomic E-state index is -0.615. The number of nitrogens with one attached hydrogen (secondary N) is 1. The first kappa shape index (κ1) is 16.4. The lowest BCUT2D eigenvalue weighted by molar-refractivity contribution is -0.148. The van der Waals surface area contributed by atoms with E-state index in [1.54, 1.807) is 7.05 Å². The fourth-order valence-corrected chi connectivity index (χ4v) is 1.97. The summed E-state index contributed by atoms with van der Waals surface area (Å²) in [4.78, 5) is 14.1. The van der Waals surface area contributed by atoms with E-state index in [1.165, 1.54) is 7.11 Å². The summed E-state index contributed by atoms with van der Waals surface area (Å²) in [6.45, 7) is 8.40. The van der Waals surface area contributed by atoms with Gasteiger partial charge in [0.1, 0.15) is 5.54 Å². The summed E-state index contributed by atoms with van der Waals surface area (Å²) in [6, 6.07) is 0.838. The van der Waals surface area contributed by atoms with E-state index in [4.69, 9.17) is 4.74 Å². The fourth-order valence-electron chi connectivity index (χ4n) is 1.97. The summed E-state index contributed by atoms with van der Waals surface area (Å²) in [5.74, 6) is -0.204. The van der Waals surface area contributed by atoms with Crippen molar-refractivity contribution in [3.63, 3.8) is 0 Å². The largest absolute Gasteiger partial charge is 0.468 e. The standard InChI is InChI=1S/C13H28N2O2/c1-8-10(2)15(6)11(3)9-13(4,14-5)12(16)17-7/h10-11,14H,8-9H2,1-7H3. The van der Waals surface area contributed by atoms with E-state index in [2.05, 4.69) is 38.0 Å². The maximum atomic E-state index is 11.8. The Labute approximate surface area is 106 Å². The van der Waals surface area contributed by atoms with Gasteiger partial charge in [-0.1, -0.05) is 6.92 Å². The predicted octanol–water partition coefficient (Wildman–Crippen LogP) is 1.65. The maximum absolute atomic E-state index is 11.8. The van der Waals surface area contributed by atoms with Crippen LogP contribution >= 0.6 is 0 Å². The molecule has 17 heavy (non-hydrogen) atoms. The van der Waals surface area contributed by atoms with Crippen LogP contribution in [0, 0.1) is 0 Å². The predicted molar refractivity (Wildman–Crippen MR) is 71.1 cm³/mol. The van der Waals surface area contributed by atoms with Crippen molar-refractivity contribution in [3.05, 3.63) is 0 Å². The van der Waals surface area contributed by atoms with Crippen LogP contribution in [0.4, 0.5) is 0 Å². The van der Waals surface area contributed by atoms with Crippen molar-refractivity contribution in [2.24, 2.45) is 0 Å². The molecule has 0 saturated heterocycles. The van der Waals surface area contributed by atoms with Gasteiger partial charge >= 0.3 is 5.97 Å². The molecule has 0 aromatic carbocycles. The summed E-state index contributed by atoms with van der Waals surface area (Å²) in [7, 11) is 5.33. The summed E-state index contributed by atoms with van der Waals surface area (Å²) >= 11 is 0. The molecule has 3 atom stereocenters. The molecule has 0 amide bonds. The van der Waals surface area contributed by atoms with Crippen LogP contribution in [0.25, 0.3) is 0 Å². The Hall–Kier alpha value is -0.610. The smallest absolute Gasteiger partial charge is 0.325 e. The van der Waals surface area contributed by atoms with E-state index < -0.39 is 5.54 Å². The highest BCUT2D eigenvalue weighted by Gasteiger charge is 2.35. The number of rotatable bonds is 7. The van der Waals surface area contributed by atoms with Gasteiger partial charge in [-0.2, -0.15) is 0 Å². The molecular weight excluding hydrogens is 216 g/mol. The van der Waals surface area contributed by atoms with E-state index in [1.807, 2.05) is 6.92 Å². The molecule has 0 spiro atoms. The van der Waals surface area contributed by atoms with Gasteiger partial charge in [-0.15, -0.1) is 0 Å². The van der Waals surface area contributed by atoms with Gasteiger partial charge in [-0.05, 0) is 47.7 Å². The van der Waals surface area contributed by atoms with Gasteiger partial charge in [-0.25, -0.2) is 0 Å². The van der Waals surface area contributed by atoms with Crippen molar-refractivity contribution < 1.29 is 9.53 Å².